The van der Waals surface area contributed by atoms with Gasteiger partial charge in [0.1, 0.15) is 0 Å². The topological polar surface area (TPSA) is 95.5 Å². The highest BCUT2D eigenvalue weighted by Crippen LogP contribution is 2.21. The van der Waals surface area contributed by atoms with Crippen molar-refractivity contribution in [2.24, 2.45) is 0 Å². The van der Waals surface area contributed by atoms with Crippen molar-refractivity contribution >= 4 is 11.4 Å². The van der Waals surface area contributed by atoms with Crippen molar-refractivity contribution in [2.75, 3.05) is 13.2 Å². The lowest BCUT2D eigenvalue weighted by Crippen LogP contribution is -1.97. The zero-order valence-electron chi connectivity index (χ0n) is 23.7. The van der Waals surface area contributed by atoms with E-state index in [4.69, 9.17) is 4.74 Å². The summed E-state index contributed by atoms with van der Waals surface area (Å²) in [5.74, 6) is 0. The monoisotopic (exact) mass is 540 g/mol. The van der Waals surface area contributed by atoms with Crippen LogP contribution in [0.2, 0.25) is 0 Å². The van der Waals surface area contributed by atoms with Gasteiger partial charge in [-0.2, -0.15) is 0 Å². The molecule has 0 N–H and O–H groups in total. The predicted octanol–water partition coefficient (Wildman–Crippen LogP) is 9.55. The highest BCUT2D eigenvalue weighted by atomic mass is 16.6. The molecule has 7 heteroatoms. The van der Waals surface area contributed by atoms with E-state index in [1.54, 1.807) is 24.3 Å². The van der Waals surface area contributed by atoms with Gasteiger partial charge in [-0.15, -0.1) is 0 Å². The molecule has 39 heavy (non-hydrogen) atoms. The Hall–Kier alpha value is -2.80. The summed E-state index contributed by atoms with van der Waals surface area (Å²) >= 11 is 0. The first-order chi connectivity index (χ1) is 19.1. The number of unbranched alkanes of at least 4 members (excludes halogenated alkanes) is 14. The molecule has 0 fully saturated rings. The summed E-state index contributed by atoms with van der Waals surface area (Å²) < 4.78 is 5.79. The van der Waals surface area contributed by atoms with Crippen molar-refractivity contribution in [2.45, 2.75) is 116 Å². The minimum absolute atomic E-state index is 0.250. The molecule has 0 aliphatic rings. The van der Waals surface area contributed by atoms with Crippen molar-refractivity contribution in [3.8, 4) is 0 Å². The quantitative estimate of drug-likeness (QED) is 0.0750. The highest BCUT2D eigenvalue weighted by Gasteiger charge is 2.12. The van der Waals surface area contributed by atoms with Gasteiger partial charge >= 0.3 is 0 Å². The second-order valence-electron chi connectivity index (χ2n) is 10.5. The minimum atomic E-state index is -0.280. The third-order valence-electron chi connectivity index (χ3n) is 7.35. The van der Waals surface area contributed by atoms with Gasteiger partial charge in [-0.1, -0.05) is 113 Å². The number of nitrogens with zero attached hydrogens (tertiary/aromatic N) is 2. The van der Waals surface area contributed by atoms with Gasteiger partial charge in [-0.3, -0.25) is 20.2 Å². The van der Waals surface area contributed by atoms with Gasteiger partial charge in [-0.25, -0.2) is 0 Å². The Kier molecular flexibility index (Phi) is 17.5. The maximum atomic E-state index is 11.1. The molecule has 0 atom stereocenters. The maximum absolute atomic E-state index is 11.1. The van der Waals surface area contributed by atoms with Crippen LogP contribution in [0.1, 0.15) is 114 Å². The van der Waals surface area contributed by atoms with Crippen molar-refractivity contribution in [1.29, 1.82) is 0 Å². The number of nitro groups is 2. The van der Waals surface area contributed by atoms with E-state index < -0.39 is 0 Å². The van der Waals surface area contributed by atoms with Gasteiger partial charge in [0.15, 0.2) is 0 Å². The van der Waals surface area contributed by atoms with Crippen LogP contribution in [-0.4, -0.2) is 23.1 Å². The lowest BCUT2D eigenvalue weighted by Gasteiger charge is -2.06. The second kappa shape index (κ2) is 21.1. The van der Waals surface area contributed by atoms with Crippen molar-refractivity contribution in [3.63, 3.8) is 0 Å². The first-order valence-electron chi connectivity index (χ1n) is 15.1. The van der Waals surface area contributed by atoms with Gasteiger partial charge in [0.05, 0.1) is 9.85 Å². The summed E-state index contributed by atoms with van der Waals surface area (Å²) in [6.45, 7) is 1.74. The van der Waals surface area contributed by atoms with Crippen LogP contribution in [0.4, 0.5) is 11.4 Å². The molecule has 216 valence electrons. The third kappa shape index (κ3) is 14.8. The van der Waals surface area contributed by atoms with Crippen LogP contribution in [0.3, 0.4) is 0 Å². The van der Waals surface area contributed by atoms with Crippen molar-refractivity contribution in [3.05, 3.63) is 79.9 Å². The molecule has 0 aliphatic heterocycles. The molecule has 0 unspecified atom stereocenters. The lowest BCUT2D eigenvalue weighted by atomic mass is 10.0. The number of hydrogen-bond donors (Lipinski definition) is 0. The van der Waals surface area contributed by atoms with Crippen LogP contribution >= 0.6 is 0 Å². The lowest BCUT2D eigenvalue weighted by molar-refractivity contribution is -0.385. The van der Waals surface area contributed by atoms with E-state index in [2.05, 4.69) is 0 Å². The van der Waals surface area contributed by atoms with Crippen LogP contribution in [-0.2, 0) is 17.6 Å². The number of nitro benzene ring substituents is 2. The van der Waals surface area contributed by atoms with Crippen LogP contribution in [0.5, 0.6) is 0 Å². The van der Waals surface area contributed by atoms with E-state index >= 15 is 0 Å². The number of rotatable bonds is 24. The first-order valence-corrected chi connectivity index (χ1v) is 15.1. The average Bonchev–Trinajstić information content (AvgIpc) is 2.94. The second-order valence-corrected chi connectivity index (χ2v) is 10.5. The normalized spacial score (nSPS) is 11.1. The fourth-order valence-corrected chi connectivity index (χ4v) is 5.06. The molecule has 7 nitrogen and oxygen atoms in total. The van der Waals surface area contributed by atoms with E-state index in [0.29, 0.717) is 0 Å². The Labute approximate surface area is 234 Å². The van der Waals surface area contributed by atoms with E-state index in [0.717, 1.165) is 75.7 Å². The highest BCUT2D eigenvalue weighted by molar-refractivity contribution is 5.40. The fourth-order valence-electron chi connectivity index (χ4n) is 5.06. The Morgan fingerprint density at radius 3 is 1.13 bits per heavy atom. The molecule has 0 heterocycles. The molecule has 0 aromatic heterocycles. The molecule has 2 aromatic rings. The van der Waals surface area contributed by atoms with Gasteiger partial charge in [-0.05, 0) is 38.5 Å². The molecule has 2 rings (SSSR count). The number of hydrogen-bond acceptors (Lipinski definition) is 5. The van der Waals surface area contributed by atoms with Gasteiger partial charge in [0.2, 0.25) is 0 Å². The average molecular weight is 541 g/mol. The minimum Gasteiger partial charge on any atom is -0.381 e. The summed E-state index contributed by atoms with van der Waals surface area (Å²) in [4.78, 5) is 21.6. The van der Waals surface area contributed by atoms with Crippen molar-refractivity contribution in [1.82, 2.24) is 0 Å². The summed E-state index contributed by atoms with van der Waals surface area (Å²) in [6.07, 6.45) is 20.6. The molecule has 0 radical (unpaired) electrons. The van der Waals surface area contributed by atoms with Gasteiger partial charge in [0.25, 0.3) is 11.4 Å². The number of benzene rings is 2. The smallest absolute Gasteiger partial charge is 0.272 e. The van der Waals surface area contributed by atoms with Crippen LogP contribution in [0, 0.1) is 20.2 Å². The number of aryl methyl sites for hydroxylation is 2. The molecule has 0 aliphatic carbocycles. The Bertz CT molecular complexity index is 874. The molecule has 0 spiro atoms. The number of ether oxygens (including phenoxy) is 1. The largest absolute Gasteiger partial charge is 0.381 e. The van der Waals surface area contributed by atoms with E-state index in [-0.39, 0.29) is 21.2 Å². The first kappa shape index (κ1) is 32.4. The molecule has 0 saturated carbocycles. The summed E-state index contributed by atoms with van der Waals surface area (Å²) in [5.41, 5.74) is 2.20. The summed E-state index contributed by atoms with van der Waals surface area (Å²) in [5, 5.41) is 22.1. The molecule has 0 amide bonds. The van der Waals surface area contributed by atoms with Crippen LogP contribution in [0.25, 0.3) is 0 Å². The molecule has 0 bridgehead atoms. The Morgan fingerprint density at radius 1 is 0.462 bits per heavy atom. The molecular weight excluding hydrogens is 492 g/mol. The van der Waals surface area contributed by atoms with E-state index in [9.17, 15) is 20.2 Å². The van der Waals surface area contributed by atoms with Crippen LogP contribution in [0.15, 0.2) is 48.5 Å². The zero-order valence-corrected chi connectivity index (χ0v) is 23.7. The van der Waals surface area contributed by atoms with E-state index in [1.165, 1.54) is 64.2 Å². The third-order valence-corrected chi connectivity index (χ3v) is 7.35. The SMILES string of the molecule is O=[N+]([O-])c1ccccc1CCCCCCCCCCOCCCCCCCCCCc1ccccc1[N+](=O)[O-]. The zero-order chi connectivity index (χ0) is 28.0. The fraction of sp³-hybridized carbons (Fsp3) is 0.625. The Balaban J connectivity index is 1.28. The summed E-state index contributed by atoms with van der Waals surface area (Å²) in [6, 6.07) is 14.2. The summed E-state index contributed by atoms with van der Waals surface area (Å²) in [7, 11) is 0. The maximum Gasteiger partial charge on any atom is 0.272 e. The predicted molar refractivity (Wildman–Crippen MR) is 158 cm³/mol. The molecule has 0 saturated heterocycles. The standard InChI is InChI=1S/C32H48N2O5/c35-33(36)31-25-17-15-23-29(31)21-13-9-5-1-3-7-11-19-27-39-28-20-12-8-4-2-6-10-14-22-30-24-16-18-26-32(30)34(37)38/h15-18,23-26H,1-14,19-22,27-28H2. The van der Waals surface area contributed by atoms with Crippen molar-refractivity contribution < 1.29 is 14.6 Å². The number of para-hydroxylation sites is 2. The molecule has 2 aromatic carbocycles. The Morgan fingerprint density at radius 2 is 0.769 bits per heavy atom. The van der Waals surface area contributed by atoms with Gasteiger partial charge < -0.3 is 4.74 Å². The van der Waals surface area contributed by atoms with E-state index in [1.807, 2.05) is 24.3 Å². The van der Waals surface area contributed by atoms with Crippen LogP contribution < -0.4 is 0 Å². The molecular formula is C32H48N2O5. The van der Waals surface area contributed by atoms with Gasteiger partial charge in [0, 0.05) is 36.5 Å².